The van der Waals surface area contributed by atoms with Crippen molar-refractivity contribution in [1.29, 1.82) is 0 Å². The average molecular weight is 449 g/mol. The molecule has 3 rings (SSSR count). The Hall–Kier alpha value is -2.85. The second kappa shape index (κ2) is 8.49. The number of anilines is 2. The summed E-state index contributed by atoms with van der Waals surface area (Å²) < 4.78 is 41.0. The van der Waals surface area contributed by atoms with Crippen molar-refractivity contribution in [2.75, 3.05) is 17.3 Å². The molecule has 0 aliphatic heterocycles. The van der Waals surface area contributed by atoms with Gasteiger partial charge < -0.3 is 11.1 Å². The molecule has 0 spiro atoms. The number of amides is 1. The molecule has 0 aliphatic rings. The van der Waals surface area contributed by atoms with Crippen molar-refractivity contribution in [1.82, 2.24) is 9.78 Å². The van der Waals surface area contributed by atoms with Crippen molar-refractivity contribution in [3.05, 3.63) is 59.4 Å². The number of rotatable bonds is 6. The first-order valence-electron chi connectivity index (χ1n) is 8.91. The number of nitrogens with one attached hydrogen (secondary N) is 1. The maximum Gasteiger partial charge on any atom is 0.246 e. The SMILES string of the molecule is CSc1nn(CC(=O)Nc2ccc(C)c(F)c2)c(N)c1S(=O)(=O)c1ccc(C)cc1. The Morgan fingerprint density at radius 2 is 1.87 bits per heavy atom. The molecule has 0 fully saturated rings. The lowest BCUT2D eigenvalue weighted by molar-refractivity contribution is -0.116. The zero-order valence-corrected chi connectivity index (χ0v) is 18.3. The molecule has 0 atom stereocenters. The van der Waals surface area contributed by atoms with Crippen LogP contribution in [0.1, 0.15) is 11.1 Å². The summed E-state index contributed by atoms with van der Waals surface area (Å²) in [5, 5.41) is 6.95. The Morgan fingerprint density at radius 3 is 2.47 bits per heavy atom. The summed E-state index contributed by atoms with van der Waals surface area (Å²) in [5.41, 5.74) is 7.75. The summed E-state index contributed by atoms with van der Waals surface area (Å²) in [6.45, 7) is 3.15. The minimum atomic E-state index is -3.92. The molecule has 10 heteroatoms. The van der Waals surface area contributed by atoms with Gasteiger partial charge in [0.1, 0.15) is 28.1 Å². The maximum atomic E-state index is 13.7. The standard InChI is InChI=1S/C20H21FN4O3S2/c1-12-4-8-15(9-5-12)30(27,28)18-19(22)25(24-20(18)29-3)11-17(26)23-14-7-6-13(2)16(21)10-14/h4-10H,11,22H2,1-3H3,(H,23,26). The molecule has 0 radical (unpaired) electrons. The van der Waals surface area contributed by atoms with Gasteiger partial charge in [0.15, 0.2) is 0 Å². The normalized spacial score (nSPS) is 11.5. The number of thioether (sulfide) groups is 1. The zero-order valence-electron chi connectivity index (χ0n) is 16.6. The number of benzene rings is 2. The highest BCUT2D eigenvalue weighted by molar-refractivity contribution is 7.99. The first kappa shape index (κ1) is 21.8. The van der Waals surface area contributed by atoms with E-state index in [0.717, 1.165) is 22.0 Å². The quantitative estimate of drug-likeness (QED) is 0.560. The van der Waals surface area contributed by atoms with Crippen LogP contribution in [0.15, 0.2) is 57.3 Å². The molecule has 0 unspecified atom stereocenters. The number of hydrogen-bond acceptors (Lipinski definition) is 6. The Balaban J connectivity index is 1.90. The third-order valence-electron chi connectivity index (χ3n) is 4.46. The lowest BCUT2D eigenvalue weighted by atomic mass is 10.2. The number of carbonyl (C=O) groups is 1. The van der Waals surface area contributed by atoms with E-state index in [1.54, 1.807) is 37.4 Å². The molecule has 1 heterocycles. The van der Waals surface area contributed by atoms with Gasteiger partial charge in [0.05, 0.1) is 4.90 Å². The molecule has 0 saturated carbocycles. The van der Waals surface area contributed by atoms with Gasteiger partial charge >= 0.3 is 0 Å². The number of nitrogen functional groups attached to an aromatic ring is 1. The summed E-state index contributed by atoms with van der Waals surface area (Å²) in [5.74, 6) is -1.09. The van der Waals surface area contributed by atoms with E-state index < -0.39 is 21.6 Å². The predicted octanol–water partition coefficient (Wildman–Crippen LogP) is 3.41. The van der Waals surface area contributed by atoms with Crippen LogP contribution in [0.3, 0.4) is 0 Å². The van der Waals surface area contributed by atoms with Crippen molar-refractivity contribution >= 4 is 39.0 Å². The molecular formula is C20H21FN4O3S2. The van der Waals surface area contributed by atoms with Gasteiger partial charge in [0.2, 0.25) is 15.7 Å². The van der Waals surface area contributed by atoms with E-state index in [1.807, 2.05) is 6.92 Å². The van der Waals surface area contributed by atoms with Crippen LogP contribution in [0.4, 0.5) is 15.9 Å². The largest absolute Gasteiger partial charge is 0.383 e. The van der Waals surface area contributed by atoms with E-state index >= 15 is 0 Å². The van der Waals surface area contributed by atoms with Crippen LogP contribution >= 0.6 is 11.8 Å². The van der Waals surface area contributed by atoms with Gasteiger partial charge in [-0.1, -0.05) is 23.8 Å². The molecule has 1 amide bonds. The number of sulfone groups is 1. The topological polar surface area (TPSA) is 107 Å². The number of carbonyl (C=O) groups excluding carboxylic acids is 1. The van der Waals surface area contributed by atoms with Crippen LogP contribution in [-0.4, -0.2) is 30.4 Å². The van der Waals surface area contributed by atoms with E-state index in [9.17, 15) is 17.6 Å². The third-order valence-corrected chi connectivity index (χ3v) is 7.09. The second-order valence-electron chi connectivity index (χ2n) is 6.71. The molecule has 158 valence electrons. The Labute approximate surface area is 178 Å². The second-order valence-corrected chi connectivity index (χ2v) is 9.39. The van der Waals surface area contributed by atoms with Crippen molar-refractivity contribution in [3.8, 4) is 0 Å². The number of halogens is 1. The van der Waals surface area contributed by atoms with E-state index in [1.165, 1.54) is 18.2 Å². The monoisotopic (exact) mass is 448 g/mol. The van der Waals surface area contributed by atoms with Gasteiger partial charge in [-0.25, -0.2) is 17.5 Å². The molecule has 7 nitrogen and oxygen atoms in total. The van der Waals surface area contributed by atoms with Gasteiger partial charge in [0, 0.05) is 5.69 Å². The predicted molar refractivity (Wildman–Crippen MR) is 115 cm³/mol. The van der Waals surface area contributed by atoms with Crippen molar-refractivity contribution in [3.63, 3.8) is 0 Å². The van der Waals surface area contributed by atoms with Crippen LogP contribution in [0, 0.1) is 19.7 Å². The summed E-state index contributed by atoms with van der Waals surface area (Å²) in [7, 11) is -3.92. The summed E-state index contributed by atoms with van der Waals surface area (Å²) in [4.78, 5) is 12.4. The van der Waals surface area contributed by atoms with Crippen molar-refractivity contribution in [2.24, 2.45) is 0 Å². The zero-order chi connectivity index (χ0) is 22.1. The highest BCUT2D eigenvalue weighted by Gasteiger charge is 2.29. The summed E-state index contributed by atoms with van der Waals surface area (Å²) in [6.07, 6.45) is 1.68. The van der Waals surface area contributed by atoms with Crippen LogP contribution in [0.2, 0.25) is 0 Å². The van der Waals surface area contributed by atoms with Gasteiger partial charge in [-0.3, -0.25) is 4.79 Å². The Kier molecular flexibility index (Phi) is 6.18. The summed E-state index contributed by atoms with van der Waals surface area (Å²) >= 11 is 1.12. The number of aryl methyl sites for hydroxylation is 2. The summed E-state index contributed by atoms with van der Waals surface area (Å²) in [6, 6.07) is 10.7. The van der Waals surface area contributed by atoms with Gasteiger partial charge in [-0.15, -0.1) is 11.8 Å². The van der Waals surface area contributed by atoms with Crippen LogP contribution in [0.5, 0.6) is 0 Å². The lowest BCUT2D eigenvalue weighted by Crippen LogP contribution is -2.21. The van der Waals surface area contributed by atoms with Crippen LogP contribution in [0.25, 0.3) is 0 Å². The molecule has 0 saturated heterocycles. The van der Waals surface area contributed by atoms with Gasteiger partial charge in [-0.05, 0) is 49.9 Å². The van der Waals surface area contributed by atoms with Gasteiger partial charge in [-0.2, -0.15) is 5.10 Å². The van der Waals surface area contributed by atoms with E-state index in [0.29, 0.717) is 5.56 Å². The molecule has 3 aromatic rings. The molecule has 3 N–H and O–H groups in total. The minimum absolute atomic E-state index is 0.0919. The highest BCUT2D eigenvalue weighted by atomic mass is 32.2. The van der Waals surface area contributed by atoms with Crippen molar-refractivity contribution < 1.29 is 17.6 Å². The third kappa shape index (κ3) is 4.34. The average Bonchev–Trinajstić information content (AvgIpc) is 3.01. The van der Waals surface area contributed by atoms with E-state index in [4.69, 9.17) is 5.73 Å². The fraction of sp³-hybridized carbons (Fsp3) is 0.200. The minimum Gasteiger partial charge on any atom is -0.383 e. The van der Waals surface area contributed by atoms with Crippen molar-refractivity contribution in [2.45, 2.75) is 35.2 Å². The van der Waals surface area contributed by atoms with Gasteiger partial charge in [0.25, 0.3) is 0 Å². The molecule has 0 aliphatic carbocycles. The fourth-order valence-corrected chi connectivity index (χ4v) is 5.22. The lowest BCUT2D eigenvalue weighted by Gasteiger charge is -2.08. The first-order chi connectivity index (χ1) is 14.1. The van der Waals surface area contributed by atoms with E-state index in [-0.39, 0.29) is 32.9 Å². The smallest absolute Gasteiger partial charge is 0.246 e. The Bertz CT molecular complexity index is 1210. The molecule has 0 bridgehead atoms. The number of nitrogens with two attached hydrogens (primary N) is 1. The molecule has 30 heavy (non-hydrogen) atoms. The van der Waals surface area contributed by atoms with Crippen LogP contribution in [-0.2, 0) is 21.2 Å². The molecule has 2 aromatic carbocycles. The number of nitrogens with zero attached hydrogens (tertiary/aromatic N) is 2. The molecular weight excluding hydrogens is 427 g/mol. The Morgan fingerprint density at radius 1 is 1.20 bits per heavy atom. The number of aromatic nitrogens is 2. The fourth-order valence-electron chi connectivity index (χ4n) is 2.78. The maximum absolute atomic E-state index is 13.7. The number of hydrogen-bond donors (Lipinski definition) is 2. The first-order valence-corrected chi connectivity index (χ1v) is 11.6. The van der Waals surface area contributed by atoms with E-state index in [2.05, 4.69) is 10.4 Å². The van der Waals surface area contributed by atoms with Crippen LogP contribution < -0.4 is 11.1 Å². The highest BCUT2D eigenvalue weighted by Crippen LogP contribution is 2.34. The molecule has 1 aromatic heterocycles.